The predicted octanol–water partition coefficient (Wildman–Crippen LogP) is 1.67. The highest BCUT2D eigenvalue weighted by molar-refractivity contribution is 7.91. The second-order valence-corrected chi connectivity index (χ2v) is 6.30. The van der Waals surface area contributed by atoms with Crippen LogP contribution in [0, 0.1) is 11.3 Å². The first-order chi connectivity index (χ1) is 7.00. The third kappa shape index (κ3) is 2.56. The highest BCUT2D eigenvalue weighted by Gasteiger charge is 2.27. The number of sulfonamides is 1. The average molecular weight is 244 g/mol. The maximum Gasteiger partial charge on any atom is 0.253 e. The van der Waals surface area contributed by atoms with Crippen LogP contribution in [-0.4, -0.2) is 25.3 Å². The highest BCUT2D eigenvalue weighted by Crippen LogP contribution is 2.22. The molecule has 4 nitrogen and oxygen atoms in total. The van der Waals surface area contributed by atoms with Crippen molar-refractivity contribution in [2.24, 2.45) is 0 Å². The Bertz CT molecular complexity index is 443. The molecule has 0 saturated carbocycles. The number of hydrogen-bond acceptors (Lipinski definition) is 4. The van der Waals surface area contributed by atoms with Gasteiger partial charge in [0, 0.05) is 6.04 Å². The molecule has 0 bridgehead atoms. The lowest BCUT2D eigenvalue weighted by atomic mass is 10.4. The molecular formula is C9H12N2O2S2. The molecule has 0 spiro atoms. The van der Waals surface area contributed by atoms with Gasteiger partial charge in [0.1, 0.15) is 10.8 Å². The van der Waals surface area contributed by atoms with E-state index in [0.717, 1.165) is 11.3 Å². The van der Waals surface area contributed by atoms with Gasteiger partial charge in [0.2, 0.25) is 0 Å². The number of thiophene rings is 1. The third-order valence-electron chi connectivity index (χ3n) is 1.86. The van der Waals surface area contributed by atoms with E-state index >= 15 is 0 Å². The molecule has 0 unspecified atom stereocenters. The molecule has 0 amide bonds. The van der Waals surface area contributed by atoms with Crippen molar-refractivity contribution in [3.8, 4) is 6.07 Å². The maximum absolute atomic E-state index is 12.0. The minimum atomic E-state index is -3.49. The van der Waals surface area contributed by atoms with Crippen LogP contribution in [0.4, 0.5) is 0 Å². The normalized spacial score (nSPS) is 11.9. The van der Waals surface area contributed by atoms with Crippen molar-refractivity contribution in [1.29, 1.82) is 5.26 Å². The van der Waals surface area contributed by atoms with Crippen LogP contribution in [-0.2, 0) is 10.0 Å². The van der Waals surface area contributed by atoms with Crippen LogP contribution in [0.25, 0.3) is 0 Å². The molecule has 1 aromatic heterocycles. The molecular weight excluding hydrogens is 232 g/mol. The summed E-state index contributed by atoms with van der Waals surface area (Å²) in [6, 6.07) is 4.89. The van der Waals surface area contributed by atoms with E-state index in [0.29, 0.717) is 0 Å². The van der Waals surface area contributed by atoms with Gasteiger partial charge in [0.25, 0.3) is 10.0 Å². The Morgan fingerprint density at radius 3 is 2.67 bits per heavy atom. The quantitative estimate of drug-likeness (QED) is 0.757. The molecule has 0 aromatic carbocycles. The lowest BCUT2D eigenvalue weighted by Crippen LogP contribution is -2.36. The summed E-state index contributed by atoms with van der Waals surface area (Å²) in [6.07, 6.45) is 0. The second-order valence-electron chi connectivity index (χ2n) is 3.23. The SMILES string of the molecule is CC(C)N(CC#N)S(=O)(=O)c1cccs1. The molecule has 1 rings (SSSR count). The van der Waals surface area contributed by atoms with E-state index in [-0.39, 0.29) is 16.8 Å². The van der Waals surface area contributed by atoms with Crippen LogP contribution < -0.4 is 0 Å². The fourth-order valence-electron chi connectivity index (χ4n) is 1.14. The summed E-state index contributed by atoms with van der Waals surface area (Å²) in [4.78, 5) is 0. The molecule has 0 aliphatic carbocycles. The number of nitrogens with zero attached hydrogens (tertiary/aromatic N) is 2. The van der Waals surface area contributed by atoms with Crippen LogP contribution in [0.15, 0.2) is 21.7 Å². The first-order valence-electron chi connectivity index (χ1n) is 4.42. The third-order valence-corrected chi connectivity index (χ3v) is 5.26. The lowest BCUT2D eigenvalue weighted by molar-refractivity contribution is 0.386. The Hall–Kier alpha value is -0.900. The number of rotatable bonds is 4. The van der Waals surface area contributed by atoms with Gasteiger partial charge in [0.05, 0.1) is 6.07 Å². The fourth-order valence-corrected chi connectivity index (χ4v) is 3.79. The van der Waals surface area contributed by atoms with E-state index in [9.17, 15) is 8.42 Å². The first kappa shape index (κ1) is 12.2. The van der Waals surface area contributed by atoms with Crippen molar-refractivity contribution in [3.63, 3.8) is 0 Å². The number of hydrogen-bond donors (Lipinski definition) is 0. The molecule has 0 aliphatic rings. The van der Waals surface area contributed by atoms with Crippen LogP contribution in [0.5, 0.6) is 0 Å². The van der Waals surface area contributed by atoms with E-state index < -0.39 is 10.0 Å². The van der Waals surface area contributed by atoms with E-state index in [2.05, 4.69) is 0 Å². The molecule has 0 saturated heterocycles. The van der Waals surface area contributed by atoms with E-state index in [1.165, 1.54) is 4.31 Å². The van der Waals surface area contributed by atoms with Crippen LogP contribution in [0.3, 0.4) is 0 Å². The van der Waals surface area contributed by atoms with Crippen molar-refractivity contribution in [2.75, 3.05) is 6.54 Å². The standard InChI is InChI=1S/C9H12N2O2S2/c1-8(2)11(6-5-10)15(12,13)9-4-3-7-14-9/h3-4,7-8H,6H2,1-2H3. The molecule has 15 heavy (non-hydrogen) atoms. The minimum absolute atomic E-state index is 0.113. The Kier molecular flexibility index (Phi) is 3.85. The number of nitriles is 1. The molecule has 1 aromatic rings. The zero-order chi connectivity index (χ0) is 11.5. The van der Waals surface area contributed by atoms with Gasteiger partial charge in [0.15, 0.2) is 0 Å². The summed E-state index contributed by atoms with van der Waals surface area (Å²) in [5.41, 5.74) is 0. The maximum atomic E-state index is 12.0. The molecule has 82 valence electrons. The van der Waals surface area contributed by atoms with E-state index in [1.807, 2.05) is 6.07 Å². The van der Waals surface area contributed by atoms with E-state index in [1.54, 1.807) is 31.4 Å². The summed E-state index contributed by atoms with van der Waals surface area (Å²) in [5, 5.41) is 10.3. The van der Waals surface area contributed by atoms with Gasteiger partial charge in [-0.15, -0.1) is 11.3 Å². The Morgan fingerprint density at radius 2 is 2.27 bits per heavy atom. The van der Waals surface area contributed by atoms with Crippen molar-refractivity contribution in [1.82, 2.24) is 4.31 Å². The summed E-state index contributed by atoms with van der Waals surface area (Å²) >= 11 is 1.16. The second kappa shape index (κ2) is 4.75. The molecule has 0 fully saturated rings. The molecule has 0 atom stereocenters. The van der Waals surface area contributed by atoms with Crippen molar-refractivity contribution in [3.05, 3.63) is 17.5 Å². The van der Waals surface area contributed by atoms with Crippen LogP contribution in [0.2, 0.25) is 0 Å². The van der Waals surface area contributed by atoms with Gasteiger partial charge in [-0.2, -0.15) is 9.57 Å². The Balaban J connectivity index is 3.09. The Morgan fingerprint density at radius 1 is 1.60 bits per heavy atom. The summed E-state index contributed by atoms with van der Waals surface area (Å²) in [6.45, 7) is 3.39. The molecule has 6 heteroatoms. The van der Waals surface area contributed by atoms with Gasteiger partial charge in [-0.05, 0) is 25.3 Å². The van der Waals surface area contributed by atoms with Gasteiger partial charge >= 0.3 is 0 Å². The van der Waals surface area contributed by atoms with Gasteiger partial charge in [-0.1, -0.05) is 6.07 Å². The molecule has 0 aliphatic heterocycles. The average Bonchev–Trinajstić information content (AvgIpc) is 2.66. The van der Waals surface area contributed by atoms with Crippen LogP contribution >= 0.6 is 11.3 Å². The van der Waals surface area contributed by atoms with E-state index in [4.69, 9.17) is 5.26 Å². The largest absolute Gasteiger partial charge is 0.253 e. The summed E-state index contributed by atoms with van der Waals surface area (Å²) in [7, 11) is -3.49. The zero-order valence-electron chi connectivity index (χ0n) is 8.54. The topological polar surface area (TPSA) is 61.2 Å². The van der Waals surface area contributed by atoms with Crippen molar-refractivity contribution in [2.45, 2.75) is 24.1 Å². The first-order valence-corrected chi connectivity index (χ1v) is 6.74. The fraction of sp³-hybridized carbons (Fsp3) is 0.444. The van der Waals surface area contributed by atoms with Gasteiger partial charge < -0.3 is 0 Å². The zero-order valence-corrected chi connectivity index (χ0v) is 10.2. The lowest BCUT2D eigenvalue weighted by Gasteiger charge is -2.21. The highest BCUT2D eigenvalue weighted by atomic mass is 32.2. The van der Waals surface area contributed by atoms with Crippen molar-refractivity contribution >= 4 is 21.4 Å². The Labute approximate surface area is 93.8 Å². The van der Waals surface area contributed by atoms with Crippen molar-refractivity contribution < 1.29 is 8.42 Å². The smallest absolute Gasteiger partial charge is 0.206 e. The predicted molar refractivity (Wildman–Crippen MR) is 59.0 cm³/mol. The molecule has 0 radical (unpaired) electrons. The summed E-state index contributed by atoms with van der Waals surface area (Å²) in [5.74, 6) is 0. The molecule has 0 N–H and O–H groups in total. The van der Waals surface area contributed by atoms with Crippen LogP contribution in [0.1, 0.15) is 13.8 Å². The summed E-state index contributed by atoms with van der Waals surface area (Å²) < 4.78 is 25.5. The van der Waals surface area contributed by atoms with Gasteiger partial charge in [-0.3, -0.25) is 0 Å². The van der Waals surface area contributed by atoms with Gasteiger partial charge in [-0.25, -0.2) is 8.42 Å². The monoisotopic (exact) mass is 244 g/mol. The molecule has 1 heterocycles. The minimum Gasteiger partial charge on any atom is -0.206 e.